The van der Waals surface area contributed by atoms with E-state index in [1.807, 2.05) is 6.92 Å². The molecule has 2 rings (SSSR count). The van der Waals surface area contributed by atoms with E-state index in [0.717, 1.165) is 20.0 Å². The molecule has 166 valence electrons. The molecule has 0 heterocycles. The Bertz CT molecular complexity index is 689. The number of hydrogen-bond acceptors (Lipinski definition) is 2. The molecule has 1 saturated carbocycles. The zero-order valence-corrected chi connectivity index (χ0v) is 15.9. The summed E-state index contributed by atoms with van der Waals surface area (Å²) in [6, 6.07) is 0.981. The summed E-state index contributed by atoms with van der Waals surface area (Å²) in [6.45, 7) is 1.96. The quantitative estimate of drug-likeness (QED) is 0.437. The van der Waals surface area contributed by atoms with Crippen molar-refractivity contribution >= 4 is 0 Å². The predicted octanol–water partition coefficient (Wildman–Crippen LogP) is 7.31. The first-order valence-electron chi connectivity index (χ1n) is 9.23. The highest BCUT2D eigenvalue weighted by molar-refractivity contribution is 5.52. The fourth-order valence-corrected chi connectivity index (χ4v) is 3.81. The normalized spacial score (nSPS) is 21.2. The summed E-state index contributed by atoms with van der Waals surface area (Å²) in [5.74, 6) is -3.80. The molecule has 0 radical (unpaired) electrons. The van der Waals surface area contributed by atoms with Gasteiger partial charge in [0.2, 0.25) is 0 Å². The third-order valence-corrected chi connectivity index (χ3v) is 5.18. The summed E-state index contributed by atoms with van der Waals surface area (Å²) in [4.78, 5) is 0. The Kier molecular flexibility index (Phi) is 6.94. The van der Waals surface area contributed by atoms with E-state index in [4.69, 9.17) is 0 Å². The average Bonchev–Trinajstić information content (AvgIpc) is 2.60. The number of ether oxygens (including phenoxy) is 2. The van der Waals surface area contributed by atoms with Gasteiger partial charge in [-0.2, -0.15) is 35.1 Å². The molecule has 0 bridgehead atoms. The van der Waals surface area contributed by atoms with Crippen LogP contribution in [0, 0.1) is 11.8 Å². The molecule has 1 aliphatic rings. The fourth-order valence-electron chi connectivity index (χ4n) is 3.81. The summed E-state index contributed by atoms with van der Waals surface area (Å²) < 4.78 is 118. The first kappa shape index (κ1) is 23.5. The van der Waals surface area contributed by atoms with E-state index in [0.29, 0.717) is 25.0 Å². The highest BCUT2D eigenvalue weighted by Crippen LogP contribution is 2.51. The molecule has 0 atom stereocenters. The van der Waals surface area contributed by atoms with Gasteiger partial charge in [-0.15, -0.1) is 0 Å². The Hall–Kier alpha value is -1.74. The first-order chi connectivity index (χ1) is 13.3. The third kappa shape index (κ3) is 5.45. The van der Waals surface area contributed by atoms with Gasteiger partial charge in [0.1, 0.15) is 22.6 Å². The molecular weight excluding hydrogens is 412 g/mol. The number of hydrogen-bond donors (Lipinski definition) is 0. The lowest BCUT2D eigenvalue weighted by atomic mass is 9.79. The summed E-state index contributed by atoms with van der Waals surface area (Å²) in [5, 5.41) is 0. The fraction of sp³-hybridized carbons (Fsp3) is 0.684. The number of alkyl halides is 8. The maximum atomic E-state index is 14.6. The lowest BCUT2D eigenvalue weighted by molar-refractivity contribution is -0.227. The Morgan fingerprint density at radius 1 is 0.828 bits per heavy atom. The Balaban J connectivity index is 2.39. The van der Waals surface area contributed by atoms with Crippen LogP contribution in [0.1, 0.15) is 56.6 Å². The van der Waals surface area contributed by atoms with Crippen LogP contribution in [0.4, 0.5) is 35.1 Å². The highest BCUT2D eigenvalue weighted by atomic mass is 19.4. The Labute approximate surface area is 163 Å². The van der Waals surface area contributed by atoms with Gasteiger partial charge >= 0.3 is 18.5 Å². The van der Waals surface area contributed by atoms with Gasteiger partial charge in [0, 0.05) is 0 Å². The van der Waals surface area contributed by atoms with Crippen LogP contribution in [0.15, 0.2) is 12.1 Å². The van der Waals surface area contributed by atoms with Crippen molar-refractivity contribution in [3.63, 3.8) is 0 Å². The van der Waals surface area contributed by atoms with E-state index in [9.17, 15) is 35.1 Å². The van der Waals surface area contributed by atoms with Gasteiger partial charge in [0.05, 0.1) is 13.0 Å². The zero-order chi connectivity index (χ0) is 22.0. The molecule has 0 unspecified atom stereocenters. The molecule has 0 amide bonds. The van der Waals surface area contributed by atoms with Crippen molar-refractivity contribution in [2.45, 2.75) is 63.9 Å². The topological polar surface area (TPSA) is 18.5 Å². The maximum Gasteiger partial charge on any atom is 0.420 e. The molecule has 0 spiro atoms. The van der Waals surface area contributed by atoms with E-state index < -0.39 is 47.0 Å². The van der Waals surface area contributed by atoms with Gasteiger partial charge in [0.15, 0.2) is 0 Å². The Morgan fingerprint density at radius 3 is 1.76 bits per heavy atom. The van der Waals surface area contributed by atoms with Crippen LogP contribution in [0.25, 0.3) is 0 Å². The molecule has 29 heavy (non-hydrogen) atoms. The van der Waals surface area contributed by atoms with Gasteiger partial charge < -0.3 is 9.47 Å². The minimum absolute atomic E-state index is 0.0291. The molecular formula is C19H22F8O2. The summed E-state index contributed by atoms with van der Waals surface area (Å²) in [5.41, 5.74) is -4.50. The molecule has 2 nitrogen and oxygen atoms in total. The first-order valence-corrected chi connectivity index (χ1v) is 9.23. The van der Waals surface area contributed by atoms with Crippen LogP contribution in [-0.4, -0.2) is 13.2 Å². The largest absolute Gasteiger partial charge is 0.496 e. The monoisotopic (exact) mass is 434 g/mol. The second-order valence-electron chi connectivity index (χ2n) is 7.18. The number of benzene rings is 1. The van der Waals surface area contributed by atoms with Crippen LogP contribution in [-0.2, 0) is 12.4 Å². The van der Waals surface area contributed by atoms with Gasteiger partial charge in [0.25, 0.3) is 0 Å². The minimum Gasteiger partial charge on any atom is -0.496 e. The van der Waals surface area contributed by atoms with E-state index in [1.54, 1.807) is 0 Å². The van der Waals surface area contributed by atoms with Gasteiger partial charge in [-0.25, -0.2) is 0 Å². The smallest absolute Gasteiger partial charge is 0.420 e. The molecule has 1 aromatic carbocycles. The van der Waals surface area contributed by atoms with Crippen molar-refractivity contribution in [3.05, 3.63) is 23.3 Å². The molecule has 0 aliphatic heterocycles. The van der Waals surface area contributed by atoms with Crippen molar-refractivity contribution in [2.75, 3.05) is 7.11 Å². The van der Waals surface area contributed by atoms with Crippen molar-refractivity contribution in [1.29, 1.82) is 0 Å². The van der Waals surface area contributed by atoms with Crippen molar-refractivity contribution < 1.29 is 44.6 Å². The molecule has 0 N–H and O–H groups in total. The van der Waals surface area contributed by atoms with Crippen molar-refractivity contribution in [2.24, 2.45) is 11.8 Å². The zero-order valence-electron chi connectivity index (χ0n) is 15.9. The average molecular weight is 434 g/mol. The molecule has 1 aliphatic carbocycles. The van der Waals surface area contributed by atoms with E-state index in [2.05, 4.69) is 9.47 Å². The minimum atomic E-state index is -5.58. The van der Waals surface area contributed by atoms with E-state index >= 15 is 0 Å². The predicted molar refractivity (Wildman–Crippen MR) is 88.9 cm³/mol. The van der Waals surface area contributed by atoms with Crippen LogP contribution in [0.5, 0.6) is 11.5 Å². The van der Waals surface area contributed by atoms with E-state index in [-0.39, 0.29) is 18.8 Å². The molecule has 10 heteroatoms. The van der Waals surface area contributed by atoms with Crippen molar-refractivity contribution in [3.8, 4) is 11.5 Å². The van der Waals surface area contributed by atoms with Gasteiger partial charge in [-0.05, 0) is 43.7 Å². The van der Waals surface area contributed by atoms with Crippen LogP contribution < -0.4 is 9.47 Å². The Morgan fingerprint density at radius 2 is 1.31 bits per heavy atom. The number of rotatable bonds is 6. The van der Waals surface area contributed by atoms with Crippen LogP contribution >= 0.6 is 0 Å². The van der Waals surface area contributed by atoms with Crippen molar-refractivity contribution in [1.82, 2.24) is 0 Å². The third-order valence-electron chi connectivity index (χ3n) is 5.18. The second-order valence-corrected chi connectivity index (χ2v) is 7.18. The van der Waals surface area contributed by atoms with Crippen LogP contribution in [0.2, 0.25) is 0 Å². The summed E-state index contributed by atoms with van der Waals surface area (Å²) in [7, 11) is 0.759. The SMILES string of the molecule is CCCC1CCC(C(F)(F)Oc2ccc(OC)c(C(F)(F)F)c2C(F)(F)F)CC1. The van der Waals surface area contributed by atoms with E-state index in [1.165, 1.54) is 0 Å². The summed E-state index contributed by atoms with van der Waals surface area (Å²) >= 11 is 0. The van der Waals surface area contributed by atoms with Crippen LogP contribution in [0.3, 0.4) is 0 Å². The molecule has 0 aromatic heterocycles. The lowest BCUT2D eigenvalue weighted by Crippen LogP contribution is -2.38. The number of methoxy groups -OCH3 is 1. The number of halogens is 8. The summed E-state index contributed by atoms with van der Waals surface area (Å²) in [6.07, 6.45) is -12.3. The lowest BCUT2D eigenvalue weighted by Gasteiger charge is -2.34. The highest BCUT2D eigenvalue weighted by Gasteiger charge is 2.51. The van der Waals surface area contributed by atoms with Gasteiger partial charge in [-0.3, -0.25) is 0 Å². The molecule has 1 fully saturated rings. The second kappa shape index (κ2) is 8.55. The molecule has 0 saturated heterocycles. The van der Waals surface area contributed by atoms with Gasteiger partial charge in [-0.1, -0.05) is 19.8 Å². The maximum absolute atomic E-state index is 14.6. The molecule has 1 aromatic rings. The standard InChI is InChI=1S/C19H22F8O2/c1-3-4-11-5-7-12(8-6-11)19(26,27)29-14-10-9-13(28-2)15(17(20,21)22)16(14)18(23,24)25/h9-12H,3-8H2,1-2H3.